The van der Waals surface area contributed by atoms with Crippen LogP contribution in [0.1, 0.15) is 58.5 Å². The lowest BCUT2D eigenvalue weighted by atomic mass is 10.0. The molecule has 0 unspecified atom stereocenters. The van der Waals surface area contributed by atoms with Crippen LogP contribution in [0.5, 0.6) is 5.75 Å². The number of pyridine rings is 1. The summed E-state index contributed by atoms with van der Waals surface area (Å²) in [6, 6.07) is 13.0. The molecule has 0 aliphatic carbocycles. The molecule has 0 radical (unpaired) electrons. The number of aromatic hydroxyl groups is 1. The molecule has 0 saturated heterocycles. The Balaban J connectivity index is 2.20. The van der Waals surface area contributed by atoms with Gasteiger partial charge in [0.25, 0.3) is 5.56 Å². The molecule has 6 nitrogen and oxygen atoms in total. The fourth-order valence-corrected chi connectivity index (χ4v) is 3.48. The van der Waals surface area contributed by atoms with Crippen molar-refractivity contribution in [1.82, 2.24) is 4.57 Å². The summed E-state index contributed by atoms with van der Waals surface area (Å²) in [6.45, 7) is 5.84. The van der Waals surface area contributed by atoms with Crippen molar-refractivity contribution in [3.8, 4) is 11.4 Å². The second-order valence-corrected chi connectivity index (χ2v) is 8.19. The molecule has 0 aliphatic heterocycles. The first-order valence-electron chi connectivity index (χ1n) is 9.80. The highest BCUT2D eigenvalue weighted by Crippen LogP contribution is 2.25. The van der Waals surface area contributed by atoms with Gasteiger partial charge in [0.05, 0.1) is 12.2 Å². The van der Waals surface area contributed by atoms with Gasteiger partial charge in [0, 0.05) is 21.9 Å². The number of phenols is 1. The first-order chi connectivity index (χ1) is 14.7. The molecule has 0 bridgehead atoms. The molecule has 160 valence electrons. The van der Waals surface area contributed by atoms with Crippen molar-refractivity contribution < 1.29 is 19.4 Å². The van der Waals surface area contributed by atoms with E-state index in [2.05, 4.69) is 29.8 Å². The first-order valence-corrected chi connectivity index (χ1v) is 10.6. The molecule has 7 heteroatoms. The van der Waals surface area contributed by atoms with Gasteiger partial charge in [0.2, 0.25) is 0 Å². The van der Waals surface area contributed by atoms with E-state index in [0.717, 1.165) is 5.56 Å². The predicted octanol–water partition coefficient (Wildman–Crippen LogP) is 4.84. The largest absolute Gasteiger partial charge is 0.507 e. The topological polar surface area (TPSA) is 85.6 Å². The van der Waals surface area contributed by atoms with E-state index in [1.165, 1.54) is 29.0 Å². The summed E-state index contributed by atoms with van der Waals surface area (Å²) < 4.78 is 6.87. The van der Waals surface area contributed by atoms with Gasteiger partial charge in [-0.3, -0.25) is 14.2 Å². The van der Waals surface area contributed by atoms with Crippen molar-refractivity contribution in [2.75, 3.05) is 6.61 Å². The second-order valence-electron chi connectivity index (χ2n) is 7.27. The number of rotatable bonds is 6. The zero-order valence-electron chi connectivity index (χ0n) is 17.4. The molecule has 0 saturated carbocycles. The zero-order valence-corrected chi connectivity index (χ0v) is 19.0. The van der Waals surface area contributed by atoms with Crippen LogP contribution in [0.2, 0.25) is 0 Å². The molecule has 0 spiro atoms. The number of phenolic OH excluding ortho intramolecular Hbond substituents is 1. The number of halogens is 1. The van der Waals surface area contributed by atoms with E-state index in [1.54, 1.807) is 25.1 Å². The Kier molecular flexibility index (Phi) is 6.75. The first kappa shape index (κ1) is 22.5. The zero-order chi connectivity index (χ0) is 22.7. The minimum absolute atomic E-state index is 0.0459. The Bertz CT molecular complexity index is 1200. The summed E-state index contributed by atoms with van der Waals surface area (Å²) in [5.41, 5.74) is 0.871. The number of ether oxygens (including phenoxy) is 1. The van der Waals surface area contributed by atoms with Crippen LogP contribution in [0.3, 0.4) is 0 Å². The predicted molar refractivity (Wildman–Crippen MR) is 121 cm³/mol. The van der Waals surface area contributed by atoms with E-state index < -0.39 is 17.3 Å². The molecule has 31 heavy (non-hydrogen) atoms. The van der Waals surface area contributed by atoms with Crippen LogP contribution in [-0.2, 0) is 4.74 Å². The summed E-state index contributed by atoms with van der Waals surface area (Å²) in [4.78, 5) is 38.6. The van der Waals surface area contributed by atoms with Gasteiger partial charge in [-0.2, -0.15) is 0 Å². The third-order valence-electron chi connectivity index (χ3n) is 4.82. The summed E-state index contributed by atoms with van der Waals surface area (Å²) >= 11 is 3.28. The number of carbonyl (C=O) groups excluding carboxylic acids is 2. The quantitative estimate of drug-likeness (QED) is 0.400. The molecule has 3 aromatic rings. The van der Waals surface area contributed by atoms with E-state index in [4.69, 9.17) is 4.74 Å². The van der Waals surface area contributed by atoms with E-state index in [9.17, 15) is 19.5 Å². The Labute approximate surface area is 188 Å². The van der Waals surface area contributed by atoms with Crippen LogP contribution < -0.4 is 5.56 Å². The van der Waals surface area contributed by atoms with Crippen LogP contribution in [0.25, 0.3) is 5.69 Å². The van der Waals surface area contributed by atoms with Crippen molar-refractivity contribution >= 4 is 27.7 Å². The van der Waals surface area contributed by atoms with Crippen LogP contribution in [0, 0.1) is 0 Å². The minimum Gasteiger partial charge on any atom is -0.507 e. The molecule has 3 rings (SSSR count). The maximum absolute atomic E-state index is 13.1. The Morgan fingerprint density at radius 1 is 1.06 bits per heavy atom. The van der Waals surface area contributed by atoms with E-state index in [0.29, 0.717) is 16.1 Å². The number of ketones is 1. The average molecular weight is 484 g/mol. The van der Waals surface area contributed by atoms with Gasteiger partial charge >= 0.3 is 5.97 Å². The molecule has 2 aromatic carbocycles. The molecule has 1 heterocycles. The van der Waals surface area contributed by atoms with Crippen LogP contribution in [-0.4, -0.2) is 28.0 Å². The SMILES string of the molecule is CCOC(=O)c1cc(C(=O)c2cc(Br)ccc2O)cn(-c2ccc(C(C)C)cc2)c1=O. The monoisotopic (exact) mass is 483 g/mol. The standard InChI is InChI=1S/C24H22BrNO5/c1-4-31-24(30)20-11-16(22(28)19-12-17(25)7-10-21(19)27)13-26(23(20)29)18-8-5-15(6-9-18)14(2)3/h5-14,27H,4H2,1-3H3. The van der Waals surface area contributed by atoms with Crippen molar-refractivity contribution in [1.29, 1.82) is 0 Å². The number of benzene rings is 2. The minimum atomic E-state index is -0.812. The summed E-state index contributed by atoms with van der Waals surface area (Å²) in [6.07, 6.45) is 1.37. The number of hydrogen-bond donors (Lipinski definition) is 1. The van der Waals surface area contributed by atoms with E-state index >= 15 is 0 Å². The van der Waals surface area contributed by atoms with Crippen LogP contribution >= 0.6 is 15.9 Å². The fourth-order valence-electron chi connectivity index (χ4n) is 3.12. The van der Waals surface area contributed by atoms with Gasteiger partial charge < -0.3 is 9.84 Å². The maximum atomic E-state index is 13.1. The third kappa shape index (κ3) is 4.77. The van der Waals surface area contributed by atoms with Gasteiger partial charge in [0.1, 0.15) is 11.3 Å². The smallest absolute Gasteiger partial charge is 0.343 e. The summed E-state index contributed by atoms with van der Waals surface area (Å²) in [5, 5.41) is 10.2. The molecule has 1 aromatic heterocycles. The van der Waals surface area contributed by atoms with Crippen LogP contribution in [0.15, 0.2) is 64.0 Å². The lowest BCUT2D eigenvalue weighted by Gasteiger charge is -2.13. The Hall–Kier alpha value is -3.19. The normalized spacial score (nSPS) is 10.9. The number of esters is 1. The van der Waals surface area contributed by atoms with E-state index in [1.807, 2.05) is 12.1 Å². The molecular formula is C24H22BrNO5. The van der Waals surface area contributed by atoms with Crippen molar-refractivity contribution in [3.63, 3.8) is 0 Å². The summed E-state index contributed by atoms with van der Waals surface area (Å²) in [7, 11) is 0. The average Bonchev–Trinajstić information content (AvgIpc) is 2.75. The Morgan fingerprint density at radius 3 is 2.35 bits per heavy atom. The van der Waals surface area contributed by atoms with Gasteiger partial charge in [-0.05, 0) is 54.8 Å². The highest BCUT2D eigenvalue weighted by Gasteiger charge is 2.21. The number of aromatic nitrogens is 1. The Morgan fingerprint density at radius 2 is 1.74 bits per heavy atom. The fraction of sp³-hybridized carbons (Fsp3) is 0.208. The highest BCUT2D eigenvalue weighted by molar-refractivity contribution is 9.10. The van der Waals surface area contributed by atoms with Gasteiger partial charge in [0.15, 0.2) is 5.78 Å². The number of carbonyl (C=O) groups is 2. The third-order valence-corrected chi connectivity index (χ3v) is 5.31. The number of hydrogen-bond acceptors (Lipinski definition) is 5. The molecular weight excluding hydrogens is 462 g/mol. The van der Waals surface area contributed by atoms with Crippen molar-refractivity contribution in [3.05, 3.63) is 91.8 Å². The highest BCUT2D eigenvalue weighted by atomic mass is 79.9. The maximum Gasteiger partial charge on any atom is 0.343 e. The summed E-state index contributed by atoms with van der Waals surface area (Å²) in [5.74, 6) is -1.23. The van der Waals surface area contributed by atoms with Gasteiger partial charge in [-0.1, -0.05) is 41.9 Å². The number of nitrogens with zero attached hydrogens (tertiary/aromatic N) is 1. The second kappa shape index (κ2) is 9.31. The molecule has 0 fully saturated rings. The van der Waals surface area contributed by atoms with Gasteiger partial charge in [-0.25, -0.2) is 4.79 Å². The molecule has 0 atom stereocenters. The van der Waals surface area contributed by atoms with Gasteiger partial charge in [-0.15, -0.1) is 0 Å². The molecule has 1 N–H and O–H groups in total. The van der Waals surface area contributed by atoms with E-state index in [-0.39, 0.29) is 29.0 Å². The molecule has 0 amide bonds. The molecule has 0 aliphatic rings. The van der Waals surface area contributed by atoms with Crippen molar-refractivity contribution in [2.45, 2.75) is 26.7 Å². The lowest BCUT2D eigenvalue weighted by Crippen LogP contribution is -2.27. The van der Waals surface area contributed by atoms with Crippen LogP contribution in [0.4, 0.5) is 0 Å². The lowest BCUT2D eigenvalue weighted by molar-refractivity contribution is 0.0524. The van der Waals surface area contributed by atoms with Crippen molar-refractivity contribution in [2.24, 2.45) is 0 Å².